The lowest BCUT2D eigenvalue weighted by Crippen LogP contribution is -2.12. The molecule has 30 heavy (non-hydrogen) atoms. The van der Waals surface area contributed by atoms with E-state index < -0.39 is 0 Å². The third-order valence-corrected chi connectivity index (χ3v) is 5.73. The molecule has 2 aromatic heterocycles. The van der Waals surface area contributed by atoms with Crippen molar-refractivity contribution in [3.05, 3.63) is 70.7 Å². The number of carbonyl (C=O) groups is 1. The number of methoxy groups -OCH3 is 1. The number of ketones is 1. The number of allylic oxidation sites excluding steroid dienone is 3. The number of aromatic nitrogens is 2. The van der Waals surface area contributed by atoms with Crippen LogP contribution in [0.1, 0.15) is 60.2 Å². The van der Waals surface area contributed by atoms with E-state index in [0.29, 0.717) is 0 Å². The minimum Gasteiger partial charge on any atom is -0.495 e. The first kappa shape index (κ1) is 21.7. The Hall–Kier alpha value is -3.01. The van der Waals surface area contributed by atoms with Gasteiger partial charge in [0, 0.05) is 29.9 Å². The van der Waals surface area contributed by atoms with E-state index in [0.717, 1.165) is 64.4 Å². The lowest BCUT2D eigenvalue weighted by atomic mass is 10.0. The quantitative estimate of drug-likeness (QED) is 0.325. The van der Waals surface area contributed by atoms with Gasteiger partial charge >= 0.3 is 0 Å². The van der Waals surface area contributed by atoms with E-state index in [-0.39, 0.29) is 5.78 Å². The van der Waals surface area contributed by atoms with Gasteiger partial charge in [-0.1, -0.05) is 43.4 Å². The molecule has 2 heterocycles. The fourth-order valence-electron chi connectivity index (χ4n) is 4.28. The summed E-state index contributed by atoms with van der Waals surface area (Å²) < 4.78 is 9.97. The van der Waals surface area contributed by atoms with Crippen LogP contribution in [0.5, 0.6) is 5.75 Å². The zero-order chi connectivity index (χ0) is 21.8. The Labute approximate surface area is 179 Å². The third-order valence-electron chi connectivity index (χ3n) is 5.73. The maximum atomic E-state index is 13.9. The van der Waals surface area contributed by atoms with E-state index in [1.165, 1.54) is 0 Å². The molecule has 4 nitrogen and oxygen atoms in total. The standard InChI is InChI=1S/C26H32N2O2/c1-7-10-11-13-20-17-22(27(9-3)18(20)4)26(29)24-19(5)28(16-8-2)25-21(24)14-12-15-23(25)30-6/h7,10-15,17H,8-9,16H2,1-6H3/b10-7+,13-11-. The number of benzene rings is 1. The Morgan fingerprint density at radius 1 is 1.10 bits per heavy atom. The summed E-state index contributed by atoms with van der Waals surface area (Å²) in [5.41, 5.74) is 5.68. The monoisotopic (exact) mass is 404 g/mol. The van der Waals surface area contributed by atoms with Crippen LogP contribution in [-0.4, -0.2) is 22.0 Å². The van der Waals surface area contributed by atoms with Crippen molar-refractivity contribution in [2.24, 2.45) is 0 Å². The Morgan fingerprint density at radius 3 is 2.50 bits per heavy atom. The molecule has 0 amide bonds. The summed E-state index contributed by atoms with van der Waals surface area (Å²) in [5.74, 6) is 0.872. The molecule has 3 aromatic rings. The van der Waals surface area contributed by atoms with Gasteiger partial charge in [0.1, 0.15) is 5.75 Å². The summed E-state index contributed by atoms with van der Waals surface area (Å²) >= 11 is 0. The smallest absolute Gasteiger partial charge is 0.211 e. The van der Waals surface area contributed by atoms with Crippen LogP contribution in [0, 0.1) is 13.8 Å². The lowest BCUT2D eigenvalue weighted by molar-refractivity contribution is 0.103. The highest BCUT2D eigenvalue weighted by atomic mass is 16.5. The van der Waals surface area contributed by atoms with Crippen molar-refractivity contribution in [3.63, 3.8) is 0 Å². The molecule has 0 saturated carbocycles. The van der Waals surface area contributed by atoms with Crippen LogP contribution in [0.4, 0.5) is 0 Å². The Kier molecular flexibility index (Phi) is 6.66. The van der Waals surface area contributed by atoms with Gasteiger partial charge in [0.15, 0.2) is 0 Å². The number of rotatable bonds is 8. The number of para-hydroxylation sites is 1. The SMILES string of the molecule is C/C=C/C=C\c1cc(C(=O)c2c(C)n(CCC)c3c(OC)cccc23)n(CC)c1C. The summed E-state index contributed by atoms with van der Waals surface area (Å²) in [5, 5.41) is 0.956. The van der Waals surface area contributed by atoms with Crippen LogP contribution >= 0.6 is 0 Å². The Balaban J connectivity index is 2.23. The summed E-state index contributed by atoms with van der Waals surface area (Å²) in [6.45, 7) is 11.9. The summed E-state index contributed by atoms with van der Waals surface area (Å²) in [6.07, 6.45) is 9.06. The van der Waals surface area contributed by atoms with E-state index in [4.69, 9.17) is 4.74 Å². The average Bonchev–Trinajstić information content (AvgIpc) is 3.22. The van der Waals surface area contributed by atoms with Gasteiger partial charge in [-0.3, -0.25) is 4.79 Å². The first-order valence-electron chi connectivity index (χ1n) is 10.7. The molecule has 0 radical (unpaired) electrons. The number of carbonyl (C=O) groups excluding carboxylic acids is 1. The highest BCUT2D eigenvalue weighted by Crippen LogP contribution is 2.35. The van der Waals surface area contributed by atoms with Gasteiger partial charge in [0.25, 0.3) is 0 Å². The van der Waals surface area contributed by atoms with Gasteiger partial charge in [0.05, 0.1) is 23.9 Å². The van der Waals surface area contributed by atoms with Crippen molar-refractivity contribution in [1.82, 2.24) is 9.13 Å². The average molecular weight is 405 g/mol. The molecule has 0 bridgehead atoms. The summed E-state index contributed by atoms with van der Waals surface area (Å²) in [6, 6.07) is 7.97. The fourth-order valence-corrected chi connectivity index (χ4v) is 4.28. The van der Waals surface area contributed by atoms with Crippen LogP contribution in [0.15, 0.2) is 42.5 Å². The number of hydrogen-bond acceptors (Lipinski definition) is 2. The van der Waals surface area contributed by atoms with Crippen LogP contribution in [0.2, 0.25) is 0 Å². The van der Waals surface area contributed by atoms with E-state index >= 15 is 0 Å². The maximum Gasteiger partial charge on any atom is 0.211 e. The first-order chi connectivity index (χ1) is 14.5. The van der Waals surface area contributed by atoms with Crippen molar-refractivity contribution in [2.45, 2.75) is 54.1 Å². The first-order valence-corrected chi connectivity index (χ1v) is 10.7. The van der Waals surface area contributed by atoms with E-state index in [1.54, 1.807) is 7.11 Å². The molecule has 1 aromatic carbocycles. The molecule has 0 atom stereocenters. The second-order valence-corrected chi connectivity index (χ2v) is 7.50. The Morgan fingerprint density at radius 2 is 1.87 bits per heavy atom. The summed E-state index contributed by atoms with van der Waals surface area (Å²) in [4.78, 5) is 13.9. The molecule has 0 unspecified atom stereocenters. The van der Waals surface area contributed by atoms with Crippen LogP contribution < -0.4 is 4.74 Å². The van der Waals surface area contributed by atoms with Gasteiger partial charge in [0.2, 0.25) is 5.78 Å². The molecule has 158 valence electrons. The minimum atomic E-state index is 0.0660. The molecule has 3 rings (SSSR count). The van der Waals surface area contributed by atoms with Crippen LogP contribution in [0.3, 0.4) is 0 Å². The molecule has 0 spiro atoms. The molecule has 0 N–H and O–H groups in total. The van der Waals surface area contributed by atoms with E-state index in [1.807, 2.05) is 56.3 Å². The second kappa shape index (κ2) is 9.21. The Bertz CT molecular complexity index is 1130. The normalized spacial score (nSPS) is 11.9. The second-order valence-electron chi connectivity index (χ2n) is 7.50. The molecule has 0 aliphatic heterocycles. The highest BCUT2D eigenvalue weighted by Gasteiger charge is 2.25. The zero-order valence-electron chi connectivity index (χ0n) is 19.0. The van der Waals surface area contributed by atoms with Gasteiger partial charge in [-0.25, -0.2) is 0 Å². The van der Waals surface area contributed by atoms with Crippen LogP contribution in [-0.2, 0) is 13.1 Å². The zero-order valence-corrected chi connectivity index (χ0v) is 19.0. The molecule has 4 heteroatoms. The highest BCUT2D eigenvalue weighted by molar-refractivity contribution is 6.17. The number of fused-ring (bicyclic) bond motifs is 1. The summed E-state index contributed by atoms with van der Waals surface area (Å²) in [7, 11) is 1.68. The van der Waals surface area contributed by atoms with Crippen molar-refractivity contribution in [3.8, 4) is 5.75 Å². The van der Waals surface area contributed by atoms with Gasteiger partial charge < -0.3 is 13.9 Å². The fraction of sp³-hybridized carbons (Fsp3) is 0.346. The predicted molar refractivity (Wildman–Crippen MR) is 126 cm³/mol. The lowest BCUT2D eigenvalue weighted by Gasteiger charge is -2.10. The van der Waals surface area contributed by atoms with E-state index in [9.17, 15) is 4.79 Å². The van der Waals surface area contributed by atoms with Gasteiger partial charge in [-0.05, 0) is 51.8 Å². The minimum absolute atomic E-state index is 0.0660. The maximum absolute atomic E-state index is 13.9. The number of nitrogens with zero attached hydrogens (tertiary/aromatic N) is 2. The van der Waals surface area contributed by atoms with Crippen LogP contribution in [0.25, 0.3) is 17.0 Å². The number of hydrogen-bond donors (Lipinski definition) is 0. The number of ether oxygens (including phenoxy) is 1. The molecular formula is C26H32N2O2. The van der Waals surface area contributed by atoms with Gasteiger partial charge in [-0.2, -0.15) is 0 Å². The van der Waals surface area contributed by atoms with Crippen molar-refractivity contribution in [1.29, 1.82) is 0 Å². The largest absolute Gasteiger partial charge is 0.495 e. The topological polar surface area (TPSA) is 36.2 Å². The molecule has 0 aliphatic rings. The number of aryl methyl sites for hydroxylation is 1. The molecule has 0 fully saturated rings. The van der Waals surface area contributed by atoms with Crippen molar-refractivity contribution < 1.29 is 9.53 Å². The van der Waals surface area contributed by atoms with Crippen molar-refractivity contribution >= 4 is 22.8 Å². The van der Waals surface area contributed by atoms with E-state index in [2.05, 4.69) is 36.0 Å². The van der Waals surface area contributed by atoms with Crippen molar-refractivity contribution in [2.75, 3.05) is 7.11 Å². The third kappa shape index (κ3) is 3.62. The molecule has 0 saturated heterocycles. The molecule has 0 aliphatic carbocycles. The van der Waals surface area contributed by atoms with Gasteiger partial charge in [-0.15, -0.1) is 0 Å². The molecular weight excluding hydrogens is 372 g/mol. The predicted octanol–water partition coefficient (Wildman–Crippen LogP) is 6.32.